The molecule has 43 heavy (non-hydrogen) atoms. The van der Waals surface area contributed by atoms with Crippen molar-refractivity contribution in [1.82, 2.24) is 0 Å². The molecule has 0 unspecified atom stereocenters. The van der Waals surface area contributed by atoms with E-state index in [4.69, 9.17) is 49.4 Å². The van der Waals surface area contributed by atoms with Gasteiger partial charge in [0, 0.05) is 0 Å². The Bertz CT molecular complexity index is 1460. The van der Waals surface area contributed by atoms with E-state index in [0.29, 0.717) is 57.4 Å². The van der Waals surface area contributed by atoms with Gasteiger partial charge in [0.1, 0.15) is 0 Å². The Labute approximate surface area is 257 Å². The Kier molecular flexibility index (Phi) is 9.90. The van der Waals surface area contributed by atoms with E-state index in [2.05, 4.69) is 0 Å². The SMILES string of the molecule is COc1ccc([Se]c2ccc(OC)c(N)c2-c2cc(OC)c(OC)c(OC)c2)c(-c2cc(OC)c(OC)c(OC)c2)c1N. The monoisotopic (exact) mass is 656 g/mol. The summed E-state index contributed by atoms with van der Waals surface area (Å²) in [5.74, 6) is 4.07. The van der Waals surface area contributed by atoms with Crippen LogP contribution in [0.3, 0.4) is 0 Å². The topological polar surface area (TPSA) is 126 Å². The Hall–Kier alpha value is -4.60. The van der Waals surface area contributed by atoms with Crippen molar-refractivity contribution in [2.75, 3.05) is 68.3 Å². The van der Waals surface area contributed by atoms with Gasteiger partial charge in [0.2, 0.25) is 0 Å². The van der Waals surface area contributed by atoms with E-state index in [1.807, 2.05) is 48.5 Å². The predicted octanol–water partition coefficient (Wildman–Crippen LogP) is 3.91. The van der Waals surface area contributed by atoms with Crippen LogP contribution in [0.4, 0.5) is 11.4 Å². The maximum absolute atomic E-state index is 6.75. The zero-order valence-electron chi connectivity index (χ0n) is 25.4. The predicted molar refractivity (Wildman–Crippen MR) is 170 cm³/mol. The summed E-state index contributed by atoms with van der Waals surface area (Å²) in [6.45, 7) is 0. The van der Waals surface area contributed by atoms with E-state index in [1.54, 1.807) is 56.9 Å². The van der Waals surface area contributed by atoms with Crippen molar-refractivity contribution in [3.05, 3.63) is 48.5 Å². The van der Waals surface area contributed by atoms with Gasteiger partial charge in [-0.25, -0.2) is 0 Å². The molecule has 11 heteroatoms. The number of hydrogen-bond acceptors (Lipinski definition) is 10. The number of anilines is 2. The summed E-state index contributed by atoms with van der Waals surface area (Å²) in [6.07, 6.45) is 0. The van der Waals surface area contributed by atoms with Gasteiger partial charge in [-0.05, 0) is 0 Å². The van der Waals surface area contributed by atoms with Crippen molar-refractivity contribution in [2.24, 2.45) is 0 Å². The summed E-state index contributed by atoms with van der Waals surface area (Å²) < 4.78 is 46.8. The molecule has 0 spiro atoms. The second-order valence-corrected chi connectivity index (χ2v) is 11.3. The number of nitrogens with two attached hydrogens (primary N) is 2. The van der Waals surface area contributed by atoms with Crippen LogP contribution in [0.25, 0.3) is 22.3 Å². The quantitative estimate of drug-likeness (QED) is 0.172. The van der Waals surface area contributed by atoms with Crippen LogP contribution < -0.4 is 58.3 Å². The molecule has 0 heterocycles. The van der Waals surface area contributed by atoms with Crippen LogP contribution in [0, 0.1) is 0 Å². The van der Waals surface area contributed by atoms with Crippen LogP contribution in [0.1, 0.15) is 0 Å². The molecule has 0 aliphatic carbocycles. The summed E-state index contributed by atoms with van der Waals surface area (Å²) in [5.41, 5.74) is 17.6. The van der Waals surface area contributed by atoms with Gasteiger partial charge in [-0.3, -0.25) is 0 Å². The number of nitrogen functional groups attached to an aromatic ring is 2. The van der Waals surface area contributed by atoms with Gasteiger partial charge in [-0.1, -0.05) is 0 Å². The molecule has 228 valence electrons. The molecule has 4 aromatic rings. The Morgan fingerprint density at radius 2 is 0.721 bits per heavy atom. The standard InChI is InChI=1S/C32H36N2O8Se/c1-35-19-9-11-25(27(29(19)33)17-13-21(37-3)31(41-7)22(14-17)38-4)43-26-12-10-20(36-2)30(34)28(26)18-15-23(39-5)32(42-8)24(16-18)40-6/h9-16H,33-34H2,1-8H3. The molecule has 4 aromatic carbocycles. The molecule has 0 saturated heterocycles. The van der Waals surface area contributed by atoms with Crippen molar-refractivity contribution >= 4 is 35.3 Å². The van der Waals surface area contributed by atoms with Gasteiger partial charge in [0.05, 0.1) is 0 Å². The maximum atomic E-state index is 6.75. The molecule has 0 amide bonds. The number of hydrogen-bond donors (Lipinski definition) is 2. The average molecular weight is 656 g/mol. The normalized spacial score (nSPS) is 10.6. The number of rotatable bonds is 12. The van der Waals surface area contributed by atoms with Crippen molar-refractivity contribution in [1.29, 1.82) is 0 Å². The van der Waals surface area contributed by atoms with Crippen LogP contribution in [0.2, 0.25) is 0 Å². The van der Waals surface area contributed by atoms with Crippen LogP contribution in [-0.4, -0.2) is 71.8 Å². The molecule has 0 radical (unpaired) electrons. The first-order chi connectivity index (χ1) is 20.8. The molecule has 0 atom stereocenters. The summed E-state index contributed by atoms with van der Waals surface area (Å²) in [6, 6.07) is 15.2. The Morgan fingerprint density at radius 3 is 0.977 bits per heavy atom. The molecule has 4 N–H and O–H groups in total. The zero-order valence-corrected chi connectivity index (χ0v) is 27.2. The third kappa shape index (κ3) is 5.86. The number of ether oxygens (including phenoxy) is 8. The number of benzene rings is 4. The van der Waals surface area contributed by atoms with Crippen LogP contribution in [-0.2, 0) is 0 Å². The minimum absolute atomic E-state index is 0.327. The first kappa shape index (κ1) is 31.3. The van der Waals surface area contributed by atoms with Gasteiger partial charge in [-0.15, -0.1) is 0 Å². The van der Waals surface area contributed by atoms with Gasteiger partial charge in [0.25, 0.3) is 0 Å². The van der Waals surface area contributed by atoms with Gasteiger partial charge in [0.15, 0.2) is 0 Å². The molecular weight excluding hydrogens is 619 g/mol. The van der Waals surface area contributed by atoms with E-state index in [0.717, 1.165) is 31.2 Å². The van der Waals surface area contributed by atoms with Crippen molar-refractivity contribution in [2.45, 2.75) is 0 Å². The van der Waals surface area contributed by atoms with E-state index in [9.17, 15) is 0 Å². The molecular formula is C32H36N2O8Se. The third-order valence-corrected chi connectivity index (χ3v) is 9.25. The molecule has 0 aliphatic rings. The summed E-state index contributed by atoms with van der Waals surface area (Å²) in [4.78, 5) is 0. The molecule has 10 nitrogen and oxygen atoms in total. The first-order valence-corrected chi connectivity index (χ1v) is 14.7. The fourth-order valence-corrected chi connectivity index (χ4v) is 7.30. The fourth-order valence-electron chi connectivity index (χ4n) is 4.85. The Morgan fingerprint density at radius 1 is 0.419 bits per heavy atom. The second-order valence-electron chi connectivity index (χ2n) is 9.04. The Balaban J connectivity index is 1.99. The van der Waals surface area contributed by atoms with E-state index in [1.165, 1.54) is 0 Å². The summed E-state index contributed by atoms with van der Waals surface area (Å²) in [5, 5.41) is 0. The van der Waals surface area contributed by atoms with Crippen molar-refractivity contribution < 1.29 is 37.9 Å². The molecule has 0 aromatic heterocycles. The van der Waals surface area contributed by atoms with E-state index >= 15 is 0 Å². The van der Waals surface area contributed by atoms with Crippen LogP contribution >= 0.6 is 0 Å². The van der Waals surface area contributed by atoms with Crippen molar-refractivity contribution in [3.8, 4) is 68.2 Å². The van der Waals surface area contributed by atoms with E-state index in [-0.39, 0.29) is 15.0 Å². The first-order valence-electron chi connectivity index (χ1n) is 13.0. The van der Waals surface area contributed by atoms with Crippen LogP contribution in [0.15, 0.2) is 48.5 Å². The van der Waals surface area contributed by atoms with Crippen LogP contribution in [0.5, 0.6) is 46.0 Å². The summed E-state index contributed by atoms with van der Waals surface area (Å²) in [7, 11) is 12.6. The van der Waals surface area contributed by atoms with Crippen molar-refractivity contribution in [3.63, 3.8) is 0 Å². The molecule has 0 aliphatic heterocycles. The van der Waals surface area contributed by atoms with E-state index < -0.39 is 0 Å². The van der Waals surface area contributed by atoms with Gasteiger partial charge in [-0.2, -0.15) is 0 Å². The summed E-state index contributed by atoms with van der Waals surface area (Å²) >= 11 is -0.327. The van der Waals surface area contributed by atoms with Gasteiger partial charge < -0.3 is 0 Å². The third-order valence-electron chi connectivity index (χ3n) is 6.90. The minimum atomic E-state index is -0.327. The van der Waals surface area contributed by atoms with Gasteiger partial charge >= 0.3 is 258 Å². The fraction of sp³-hybridized carbons (Fsp3) is 0.250. The molecule has 0 fully saturated rings. The molecule has 0 saturated carbocycles. The second kappa shape index (κ2) is 13.6. The molecule has 4 rings (SSSR count). The molecule has 0 bridgehead atoms. The average Bonchev–Trinajstić information content (AvgIpc) is 3.03. The zero-order chi connectivity index (χ0) is 31.3. The number of methoxy groups -OCH3 is 8.